The lowest BCUT2D eigenvalue weighted by atomic mass is 10.1. The number of hydrogen-bond donors (Lipinski definition) is 1. The van der Waals surface area contributed by atoms with Gasteiger partial charge in [0.05, 0.1) is 0 Å². The van der Waals surface area contributed by atoms with E-state index in [4.69, 9.17) is 0 Å². The Labute approximate surface area is 126 Å². The van der Waals surface area contributed by atoms with Crippen molar-refractivity contribution in [2.24, 2.45) is 0 Å². The summed E-state index contributed by atoms with van der Waals surface area (Å²) < 4.78 is 1.09. The Morgan fingerprint density at radius 3 is 2.74 bits per heavy atom. The molecule has 0 bridgehead atoms. The molecule has 1 N–H and O–H groups in total. The lowest BCUT2D eigenvalue weighted by molar-refractivity contribution is 0.589. The van der Waals surface area contributed by atoms with E-state index in [2.05, 4.69) is 57.2 Å². The average molecular weight is 338 g/mol. The maximum atomic E-state index is 4.26. The summed E-state index contributed by atoms with van der Waals surface area (Å²) >= 11 is 5.13. The van der Waals surface area contributed by atoms with Crippen LogP contribution in [0.5, 0.6) is 0 Å². The summed E-state index contributed by atoms with van der Waals surface area (Å²) in [6, 6.07) is 8.43. The van der Waals surface area contributed by atoms with Crippen molar-refractivity contribution in [3.8, 4) is 0 Å². The van der Waals surface area contributed by atoms with Gasteiger partial charge in [0.25, 0.3) is 0 Å². The van der Waals surface area contributed by atoms with Gasteiger partial charge in [0.2, 0.25) is 0 Å². The summed E-state index contributed by atoms with van der Waals surface area (Å²) in [7, 11) is 0. The molecule has 100 valence electrons. The topological polar surface area (TPSA) is 37.8 Å². The molecule has 0 aliphatic rings. The molecule has 3 nitrogen and oxygen atoms in total. The first-order chi connectivity index (χ1) is 9.20. The van der Waals surface area contributed by atoms with Crippen LogP contribution in [0, 0.1) is 0 Å². The van der Waals surface area contributed by atoms with Crippen LogP contribution < -0.4 is 5.32 Å². The Bertz CT molecular complexity index is 533. The van der Waals surface area contributed by atoms with Crippen LogP contribution in [0.15, 0.2) is 51.2 Å². The first-order valence-corrected chi connectivity index (χ1v) is 7.79. The van der Waals surface area contributed by atoms with Crippen molar-refractivity contribution in [3.05, 3.63) is 46.7 Å². The molecule has 19 heavy (non-hydrogen) atoms. The molecule has 1 unspecified atom stereocenters. The molecule has 2 aromatic rings. The van der Waals surface area contributed by atoms with Crippen LogP contribution in [0.2, 0.25) is 0 Å². The van der Waals surface area contributed by atoms with Gasteiger partial charge in [0.15, 0.2) is 5.16 Å². The summed E-state index contributed by atoms with van der Waals surface area (Å²) in [5.41, 5.74) is 1.26. The van der Waals surface area contributed by atoms with Crippen molar-refractivity contribution in [3.63, 3.8) is 0 Å². The maximum Gasteiger partial charge on any atom is 0.192 e. The van der Waals surface area contributed by atoms with E-state index in [1.54, 1.807) is 24.2 Å². The van der Waals surface area contributed by atoms with Crippen molar-refractivity contribution < 1.29 is 0 Å². The van der Waals surface area contributed by atoms with Crippen LogP contribution in [0.1, 0.15) is 25.5 Å². The van der Waals surface area contributed by atoms with E-state index in [-0.39, 0.29) is 0 Å². The van der Waals surface area contributed by atoms with Gasteiger partial charge in [0, 0.05) is 27.8 Å². The van der Waals surface area contributed by atoms with Crippen LogP contribution in [-0.2, 0) is 0 Å². The number of aromatic nitrogens is 2. The summed E-state index contributed by atoms with van der Waals surface area (Å²) in [5, 5.41) is 4.21. The van der Waals surface area contributed by atoms with Gasteiger partial charge in [-0.1, -0.05) is 22.9 Å². The Morgan fingerprint density at radius 2 is 2.05 bits per heavy atom. The Kier molecular flexibility index (Phi) is 5.36. The fraction of sp³-hybridized carbons (Fsp3) is 0.286. The number of benzene rings is 1. The third-order valence-electron chi connectivity index (χ3n) is 2.69. The number of rotatable bonds is 5. The van der Waals surface area contributed by atoms with Gasteiger partial charge in [-0.2, -0.15) is 0 Å². The Hall–Kier alpha value is -0.910. The highest BCUT2D eigenvalue weighted by Crippen LogP contribution is 2.33. The van der Waals surface area contributed by atoms with Gasteiger partial charge in [-0.25, -0.2) is 9.97 Å². The molecule has 5 heteroatoms. The highest BCUT2D eigenvalue weighted by atomic mass is 79.9. The summed E-state index contributed by atoms with van der Waals surface area (Å²) in [6.07, 6.45) is 3.53. The van der Waals surface area contributed by atoms with Crippen molar-refractivity contribution in [2.45, 2.75) is 29.9 Å². The molecule has 1 aromatic carbocycles. The van der Waals surface area contributed by atoms with Crippen molar-refractivity contribution in [2.75, 3.05) is 6.54 Å². The van der Waals surface area contributed by atoms with Gasteiger partial charge in [-0.15, -0.1) is 0 Å². The molecule has 0 fully saturated rings. The van der Waals surface area contributed by atoms with Crippen LogP contribution in [0.3, 0.4) is 0 Å². The van der Waals surface area contributed by atoms with Crippen molar-refractivity contribution >= 4 is 27.7 Å². The lowest BCUT2D eigenvalue weighted by Gasteiger charge is -2.17. The van der Waals surface area contributed by atoms with E-state index < -0.39 is 0 Å². The molecule has 0 radical (unpaired) electrons. The van der Waals surface area contributed by atoms with E-state index in [9.17, 15) is 0 Å². The molecule has 1 aromatic heterocycles. The second-order valence-electron chi connectivity index (χ2n) is 4.09. The Balaban J connectivity index is 2.29. The van der Waals surface area contributed by atoms with E-state index in [0.29, 0.717) is 6.04 Å². The summed E-state index contributed by atoms with van der Waals surface area (Å²) in [4.78, 5) is 9.71. The second-order valence-corrected chi connectivity index (χ2v) is 6.02. The minimum atomic E-state index is 0.300. The predicted molar refractivity (Wildman–Crippen MR) is 82.4 cm³/mol. The zero-order valence-electron chi connectivity index (χ0n) is 10.9. The van der Waals surface area contributed by atoms with Crippen molar-refractivity contribution in [1.29, 1.82) is 0 Å². The van der Waals surface area contributed by atoms with Gasteiger partial charge < -0.3 is 5.32 Å². The highest BCUT2D eigenvalue weighted by molar-refractivity contribution is 9.10. The molecule has 0 saturated heterocycles. The number of nitrogens with one attached hydrogen (secondary N) is 1. The molecule has 1 atom stereocenters. The minimum absolute atomic E-state index is 0.300. The number of nitrogens with zero attached hydrogens (tertiary/aromatic N) is 2. The molecule has 1 heterocycles. The maximum absolute atomic E-state index is 4.26. The SMILES string of the molecule is CCNC(C)c1cc(Br)ccc1Sc1ncccn1. The zero-order valence-corrected chi connectivity index (χ0v) is 13.3. The van der Waals surface area contributed by atoms with E-state index in [1.165, 1.54) is 10.5 Å². The van der Waals surface area contributed by atoms with Crippen molar-refractivity contribution in [1.82, 2.24) is 15.3 Å². The smallest absolute Gasteiger partial charge is 0.192 e. The highest BCUT2D eigenvalue weighted by Gasteiger charge is 2.12. The average Bonchev–Trinajstić information content (AvgIpc) is 2.42. The molecule has 0 spiro atoms. The van der Waals surface area contributed by atoms with Crippen LogP contribution in [-0.4, -0.2) is 16.5 Å². The van der Waals surface area contributed by atoms with Crippen LogP contribution >= 0.6 is 27.7 Å². The summed E-state index contributed by atoms with van der Waals surface area (Å²) in [5.74, 6) is 0. The molecule has 0 amide bonds. The first kappa shape index (κ1) is 14.5. The molecule has 2 rings (SSSR count). The normalized spacial score (nSPS) is 12.4. The predicted octanol–water partition coefficient (Wildman–Crippen LogP) is 4.06. The van der Waals surface area contributed by atoms with Gasteiger partial charge in [-0.3, -0.25) is 0 Å². The second kappa shape index (κ2) is 7.03. The third-order valence-corrected chi connectivity index (χ3v) is 4.17. The van der Waals surface area contributed by atoms with Crippen LogP contribution in [0.4, 0.5) is 0 Å². The fourth-order valence-corrected chi connectivity index (χ4v) is 3.10. The van der Waals surface area contributed by atoms with Gasteiger partial charge >= 0.3 is 0 Å². The molecule has 0 aliphatic carbocycles. The Morgan fingerprint density at radius 1 is 1.32 bits per heavy atom. The lowest BCUT2D eigenvalue weighted by Crippen LogP contribution is -2.18. The third kappa shape index (κ3) is 4.03. The number of halogens is 1. The quantitative estimate of drug-likeness (QED) is 0.835. The van der Waals surface area contributed by atoms with Crippen LogP contribution in [0.25, 0.3) is 0 Å². The minimum Gasteiger partial charge on any atom is -0.310 e. The largest absolute Gasteiger partial charge is 0.310 e. The number of hydrogen-bond acceptors (Lipinski definition) is 4. The fourth-order valence-electron chi connectivity index (χ4n) is 1.80. The molecule has 0 aliphatic heterocycles. The molecular formula is C14H16BrN3S. The zero-order chi connectivity index (χ0) is 13.7. The molecule has 0 saturated carbocycles. The van der Waals surface area contributed by atoms with Gasteiger partial charge in [0.1, 0.15) is 0 Å². The monoisotopic (exact) mass is 337 g/mol. The molecular weight excluding hydrogens is 322 g/mol. The van der Waals surface area contributed by atoms with Gasteiger partial charge in [-0.05, 0) is 55.1 Å². The van der Waals surface area contributed by atoms with E-state index in [0.717, 1.165) is 16.2 Å². The van der Waals surface area contributed by atoms with E-state index in [1.807, 2.05) is 12.1 Å². The van der Waals surface area contributed by atoms with E-state index >= 15 is 0 Å². The standard InChI is InChI=1S/C14H16BrN3S/c1-3-16-10(2)12-9-11(15)5-6-13(12)19-14-17-7-4-8-18-14/h4-10,16H,3H2,1-2H3. The summed E-state index contributed by atoms with van der Waals surface area (Å²) in [6.45, 7) is 5.22. The first-order valence-electron chi connectivity index (χ1n) is 6.18.